The first-order valence-electron chi connectivity index (χ1n) is 6.33. The SMILES string of the molecule is Brc1ccsc1CNc1cccc(Cn2cccn2)c1. The molecule has 0 amide bonds. The number of benzene rings is 1. The van der Waals surface area contributed by atoms with Gasteiger partial charge in [-0.25, -0.2) is 0 Å². The number of rotatable bonds is 5. The van der Waals surface area contributed by atoms with Crippen molar-refractivity contribution in [3.63, 3.8) is 0 Å². The highest BCUT2D eigenvalue weighted by atomic mass is 79.9. The van der Waals surface area contributed by atoms with Crippen LogP contribution in [0.5, 0.6) is 0 Å². The standard InChI is InChI=1S/C15H14BrN3S/c16-14-5-8-20-15(14)10-17-13-4-1-3-12(9-13)11-19-7-2-6-18-19/h1-9,17H,10-11H2. The summed E-state index contributed by atoms with van der Waals surface area (Å²) in [4.78, 5) is 1.31. The first-order valence-corrected chi connectivity index (χ1v) is 8.00. The van der Waals surface area contributed by atoms with Gasteiger partial charge in [-0.1, -0.05) is 12.1 Å². The lowest BCUT2D eigenvalue weighted by molar-refractivity contribution is 0.687. The summed E-state index contributed by atoms with van der Waals surface area (Å²) in [7, 11) is 0. The second-order valence-corrected chi connectivity index (χ2v) is 6.30. The molecule has 3 nitrogen and oxygen atoms in total. The number of hydrogen-bond donors (Lipinski definition) is 1. The lowest BCUT2D eigenvalue weighted by Crippen LogP contribution is -2.02. The number of halogens is 1. The smallest absolute Gasteiger partial charge is 0.0660 e. The fraction of sp³-hybridized carbons (Fsp3) is 0.133. The summed E-state index contributed by atoms with van der Waals surface area (Å²) < 4.78 is 3.09. The third kappa shape index (κ3) is 3.29. The van der Waals surface area contributed by atoms with Crippen LogP contribution in [0.15, 0.2) is 58.6 Å². The molecule has 1 N–H and O–H groups in total. The average molecular weight is 348 g/mol. The first-order chi connectivity index (χ1) is 9.81. The molecule has 5 heteroatoms. The zero-order chi connectivity index (χ0) is 13.8. The summed E-state index contributed by atoms with van der Waals surface area (Å²) in [6.45, 7) is 1.63. The molecule has 0 aliphatic rings. The molecule has 0 aliphatic heterocycles. The van der Waals surface area contributed by atoms with Crippen molar-refractivity contribution in [2.75, 3.05) is 5.32 Å². The molecular formula is C15H14BrN3S. The van der Waals surface area contributed by atoms with E-state index in [4.69, 9.17) is 0 Å². The summed E-state index contributed by atoms with van der Waals surface area (Å²) in [5.41, 5.74) is 2.37. The summed E-state index contributed by atoms with van der Waals surface area (Å²) in [6.07, 6.45) is 3.78. The van der Waals surface area contributed by atoms with Gasteiger partial charge in [-0.05, 0) is 51.1 Å². The van der Waals surface area contributed by atoms with Gasteiger partial charge in [0.05, 0.1) is 13.1 Å². The maximum atomic E-state index is 4.23. The average Bonchev–Trinajstić information content (AvgIpc) is 3.09. The first kappa shape index (κ1) is 13.4. The molecular weight excluding hydrogens is 334 g/mol. The van der Waals surface area contributed by atoms with Crippen LogP contribution in [0, 0.1) is 0 Å². The third-order valence-corrected chi connectivity index (χ3v) is 4.90. The van der Waals surface area contributed by atoms with E-state index in [9.17, 15) is 0 Å². The van der Waals surface area contributed by atoms with E-state index in [1.54, 1.807) is 17.5 Å². The minimum absolute atomic E-state index is 0.797. The Hall–Kier alpha value is -1.59. The van der Waals surface area contributed by atoms with Crippen molar-refractivity contribution in [3.8, 4) is 0 Å². The van der Waals surface area contributed by atoms with E-state index in [1.807, 2.05) is 16.9 Å². The molecule has 20 heavy (non-hydrogen) atoms. The maximum Gasteiger partial charge on any atom is 0.0660 e. The van der Waals surface area contributed by atoms with E-state index < -0.39 is 0 Å². The molecule has 0 aliphatic carbocycles. The molecule has 0 bridgehead atoms. The van der Waals surface area contributed by atoms with Crippen LogP contribution < -0.4 is 5.32 Å². The number of thiophene rings is 1. The van der Waals surface area contributed by atoms with Gasteiger partial charge in [0, 0.05) is 27.4 Å². The Morgan fingerprint density at radius 3 is 2.95 bits per heavy atom. The van der Waals surface area contributed by atoms with Gasteiger partial charge in [-0.3, -0.25) is 4.68 Å². The largest absolute Gasteiger partial charge is 0.380 e. The monoisotopic (exact) mass is 347 g/mol. The highest BCUT2D eigenvalue weighted by molar-refractivity contribution is 9.10. The quantitative estimate of drug-likeness (QED) is 0.742. The minimum Gasteiger partial charge on any atom is -0.380 e. The van der Waals surface area contributed by atoms with Gasteiger partial charge in [-0.2, -0.15) is 5.10 Å². The van der Waals surface area contributed by atoms with Crippen molar-refractivity contribution in [3.05, 3.63) is 69.1 Å². The van der Waals surface area contributed by atoms with E-state index in [0.29, 0.717) is 0 Å². The van der Waals surface area contributed by atoms with Crippen LogP contribution in [0.25, 0.3) is 0 Å². The van der Waals surface area contributed by atoms with Crippen LogP contribution in [0.4, 0.5) is 5.69 Å². The van der Waals surface area contributed by atoms with Crippen LogP contribution in [-0.2, 0) is 13.1 Å². The van der Waals surface area contributed by atoms with Crippen LogP contribution in [-0.4, -0.2) is 9.78 Å². The van der Waals surface area contributed by atoms with Gasteiger partial charge in [-0.15, -0.1) is 11.3 Å². The number of anilines is 1. The molecule has 2 aromatic heterocycles. The predicted molar refractivity (Wildman–Crippen MR) is 87.1 cm³/mol. The van der Waals surface area contributed by atoms with Crippen molar-refractivity contribution >= 4 is 33.0 Å². The maximum absolute atomic E-state index is 4.23. The Bertz CT molecular complexity index is 676. The van der Waals surface area contributed by atoms with Gasteiger partial charge in [0.25, 0.3) is 0 Å². The molecule has 102 valence electrons. The fourth-order valence-electron chi connectivity index (χ4n) is 1.99. The number of aromatic nitrogens is 2. The predicted octanol–water partition coefficient (Wildman–Crippen LogP) is 4.37. The van der Waals surface area contributed by atoms with Gasteiger partial charge in [0.1, 0.15) is 0 Å². The van der Waals surface area contributed by atoms with Gasteiger partial charge < -0.3 is 5.32 Å². The van der Waals surface area contributed by atoms with Crippen LogP contribution in [0.3, 0.4) is 0 Å². The summed E-state index contributed by atoms with van der Waals surface area (Å²) in [6, 6.07) is 12.5. The van der Waals surface area contributed by atoms with Crippen molar-refractivity contribution in [1.29, 1.82) is 0 Å². The number of hydrogen-bond acceptors (Lipinski definition) is 3. The van der Waals surface area contributed by atoms with Crippen molar-refractivity contribution < 1.29 is 0 Å². The fourth-order valence-corrected chi connectivity index (χ4v) is 3.43. The summed E-state index contributed by atoms with van der Waals surface area (Å²) >= 11 is 5.31. The van der Waals surface area contributed by atoms with E-state index in [1.165, 1.54) is 14.9 Å². The van der Waals surface area contributed by atoms with Crippen molar-refractivity contribution in [2.45, 2.75) is 13.1 Å². The van der Waals surface area contributed by atoms with Crippen LogP contribution in [0.1, 0.15) is 10.4 Å². The summed E-state index contributed by atoms with van der Waals surface area (Å²) in [5.74, 6) is 0. The zero-order valence-electron chi connectivity index (χ0n) is 10.8. The van der Waals surface area contributed by atoms with Crippen LogP contribution in [0.2, 0.25) is 0 Å². The molecule has 0 fully saturated rings. The number of nitrogens with zero attached hydrogens (tertiary/aromatic N) is 2. The zero-order valence-corrected chi connectivity index (χ0v) is 13.2. The molecule has 3 aromatic rings. The molecule has 0 unspecified atom stereocenters. The molecule has 3 rings (SSSR count). The summed E-state index contributed by atoms with van der Waals surface area (Å²) in [5, 5.41) is 9.78. The van der Waals surface area contributed by atoms with Crippen LogP contribution >= 0.6 is 27.3 Å². The van der Waals surface area contributed by atoms with Crippen molar-refractivity contribution in [1.82, 2.24) is 9.78 Å². The molecule has 0 radical (unpaired) electrons. The minimum atomic E-state index is 0.797. The van der Waals surface area contributed by atoms with Crippen molar-refractivity contribution in [2.24, 2.45) is 0 Å². The third-order valence-electron chi connectivity index (χ3n) is 2.97. The van der Waals surface area contributed by atoms with Gasteiger partial charge in [0.2, 0.25) is 0 Å². The molecule has 0 spiro atoms. The Labute approximate surface area is 130 Å². The lowest BCUT2D eigenvalue weighted by atomic mass is 10.2. The second kappa shape index (κ2) is 6.24. The normalized spacial score (nSPS) is 10.7. The molecule has 0 saturated carbocycles. The highest BCUT2D eigenvalue weighted by Gasteiger charge is 2.02. The molecule has 1 aromatic carbocycles. The van der Waals surface area contributed by atoms with E-state index in [2.05, 4.69) is 62.1 Å². The second-order valence-electron chi connectivity index (χ2n) is 4.45. The Morgan fingerprint density at radius 2 is 2.20 bits per heavy atom. The number of nitrogens with one attached hydrogen (secondary N) is 1. The lowest BCUT2D eigenvalue weighted by Gasteiger charge is -2.08. The van der Waals surface area contributed by atoms with Gasteiger partial charge >= 0.3 is 0 Å². The van der Waals surface area contributed by atoms with E-state index in [-0.39, 0.29) is 0 Å². The van der Waals surface area contributed by atoms with E-state index in [0.717, 1.165) is 18.8 Å². The molecule has 0 atom stereocenters. The Balaban J connectivity index is 1.67. The Morgan fingerprint density at radius 1 is 1.25 bits per heavy atom. The highest BCUT2D eigenvalue weighted by Crippen LogP contribution is 2.23. The molecule has 2 heterocycles. The topological polar surface area (TPSA) is 29.9 Å². The van der Waals surface area contributed by atoms with Gasteiger partial charge in [0.15, 0.2) is 0 Å². The molecule has 0 saturated heterocycles. The van der Waals surface area contributed by atoms with E-state index >= 15 is 0 Å². The Kier molecular flexibility index (Phi) is 4.18.